The zero-order valence-corrected chi connectivity index (χ0v) is 15.4. The van der Waals surface area contributed by atoms with Gasteiger partial charge in [0.2, 0.25) is 5.91 Å². The second kappa shape index (κ2) is 9.92. The Bertz CT molecular complexity index is 603. The second-order valence-electron chi connectivity index (χ2n) is 6.57. The molecule has 25 heavy (non-hydrogen) atoms. The first-order valence-corrected chi connectivity index (χ1v) is 8.99. The van der Waals surface area contributed by atoms with Crippen molar-refractivity contribution in [2.45, 2.75) is 32.1 Å². The molecular weight excluding hydrogens is 314 g/mol. The minimum atomic E-state index is 0.0384. The van der Waals surface area contributed by atoms with Gasteiger partial charge in [0.05, 0.1) is 7.11 Å². The van der Waals surface area contributed by atoms with E-state index in [0.717, 1.165) is 12.1 Å². The first kappa shape index (κ1) is 19.1. The van der Waals surface area contributed by atoms with Crippen LogP contribution in [-0.4, -0.2) is 38.1 Å². The maximum atomic E-state index is 12.3. The molecule has 0 spiro atoms. The molecular formula is C21H29NO3. The number of likely N-dealkylation sites (N-methyl/N-ethyl adjacent to an activating group) is 1. The van der Waals surface area contributed by atoms with Crippen LogP contribution in [0.4, 0.5) is 0 Å². The molecule has 0 aliphatic heterocycles. The molecule has 1 fully saturated rings. The SMILES string of the molecule is C=CCOc1ccc(/C=C/C(=O)N(C)CC2CCCCC2)cc1OC. The van der Waals surface area contributed by atoms with E-state index in [0.29, 0.717) is 24.0 Å². The van der Waals surface area contributed by atoms with Crippen LogP contribution in [-0.2, 0) is 4.79 Å². The lowest BCUT2D eigenvalue weighted by molar-refractivity contribution is -0.125. The molecule has 4 nitrogen and oxygen atoms in total. The molecule has 1 aliphatic carbocycles. The van der Waals surface area contributed by atoms with Crippen LogP contribution in [0.3, 0.4) is 0 Å². The third-order valence-corrected chi connectivity index (χ3v) is 4.60. The molecule has 2 rings (SSSR count). The molecule has 0 atom stereocenters. The van der Waals surface area contributed by atoms with E-state index in [9.17, 15) is 4.79 Å². The fourth-order valence-corrected chi connectivity index (χ4v) is 3.20. The second-order valence-corrected chi connectivity index (χ2v) is 6.57. The molecule has 1 aliphatic rings. The summed E-state index contributed by atoms with van der Waals surface area (Å²) in [5.41, 5.74) is 0.905. The molecule has 1 saturated carbocycles. The molecule has 0 saturated heterocycles. The van der Waals surface area contributed by atoms with Crippen molar-refractivity contribution in [2.24, 2.45) is 5.92 Å². The van der Waals surface area contributed by atoms with Crippen LogP contribution in [0.15, 0.2) is 36.9 Å². The first-order valence-electron chi connectivity index (χ1n) is 8.99. The number of benzene rings is 1. The van der Waals surface area contributed by atoms with Gasteiger partial charge >= 0.3 is 0 Å². The summed E-state index contributed by atoms with van der Waals surface area (Å²) in [5, 5.41) is 0. The normalized spacial score (nSPS) is 15.1. The highest BCUT2D eigenvalue weighted by atomic mass is 16.5. The van der Waals surface area contributed by atoms with Gasteiger partial charge in [-0.3, -0.25) is 4.79 Å². The number of rotatable bonds is 8. The zero-order valence-electron chi connectivity index (χ0n) is 15.4. The molecule has 0 heterocycles. The van der Waals surface area contributed by atoms with Gasteiger partial charge in [-0.2, -0.15) is 0 Å². The molecule has 0 radical (unpaired) electrons. The lowest BCUT2D eigenvalue weighted by Crippen LogP contribution is -2.31. The van der Waals surface area contributed by atoms with Crippen LogP contribution in [0, 0.1) is 5.92 Å². The fourth-order valence-electron chi connectivity index (χ4n) is 3.20. The molecule has 0 bridgehead atoms. The van der Waals surface area contributed by atoms with Crippen molar-refractivity contribution < 1.29 is 14.3 Å². The smallest absolute Gasteiger partial charge is 0.246 e. The fraction of sp³-hybridized carbons (Fsp3) is 0.476. The quantitative estimate of drug-likeness (QED) is 0.521. The number of nitrogens with zero attached hydrogens (tertiary/aromatic N) is 1. The van der Waals surface area contributed by atoms with Crippen LogP contribution in [0.5, 0.6) is 11.5 Å². The predicted octanol–water partition coefficient (Wildman–Crippen LogP) is 4.31. The lowest BCUT2D eigenvalue weighted by atomic mass is 9.89. The average Bonchev–Trinajstić information content (AvgIpc) is 2.65. The maximum Gasteiger partial charge on any atom is 0.246 e. The van der Waals surface area contributed by atoms with Gasteiger partial charge in [-0.15, -0.1) is 0 Å². The summed E-state index contributed by atoms with van der Waals surface area (Å²) >= 11 is 0. The minimum Gasteiger partial charge on any atom is -0.493 e. The van der Waals surface area contributed by atoms with Gasteiger partial charge in [-0.05, 0) is 42.5 Å². The molecule has 0 unspecified atom stereocenters. The number of carbonyl (C=O) groups excluding carboxylic acids is 1. The third-order valence-electron chi connectivity index (χ3n) is 4.60. The number of carbonyl (C=O) groups is 1. The van der Waals surface area contributed by atoms with Crippen molar-refractivity contribution >= 4 is 12.0 Å². The molecule has 0 N–H and O–H groups in total. The molecule has 1 aromatic rings. The highest BCUT2D eigenvalue weighted by Crippen LogP contribution is 2.28. The Labute approximate surface area is 151 Å². The van der Waals surface area contributed by atoms with E-state index in [-0.39, 0.29) is 5.91 Å². The van der Waals surface area contributed by atoms with E-state index in [1.807, 2.05) is 36.2 Å². The van der Waals surface area contributed by atoms with E-state index in [2.05, 4.69) is 6.58 Å². The summed E-state index contributed by atoms with van der Waals surface area (Å²) in [6, 6.07) is 5.62. The maximum absolute atomic E-state index is 12.3. The highest BCUT2D eigenvalue weighted by molar-refractivity contribution is 5.91. The Morgan fingerprint density at radius 2 is 2.04 bits per heavy atom. The first-order chi connectivity index (χ1) is 12.1. The Morgan fingerprint density at radius 3 is 2.72 bits per heavy atom. The van der Waals surface area contributed by atoms with Gasteiger partial charge in [0.1, 0.15) is 6.61 Å². The molecule has 4 heteroatoms. The van der Waals surface area contributed by atoms with E-state index < -0.39 is 0 Å². The van der Waals surface area contributed by atoms with Crippen LogP contribution in [0.1, 0.15) is 37.7 Å². The van der Waals surface area contributed by atoms with Crippen LogP contribution < -0.4 is 9.47 Å². The van der Waals surface area contributed by atoms with Gasteiger partial charge in [-0.25, -0.2) is 0 Å². The Morgan fingerprint density at radius 1 is 1.28 bits per heavy atom. The average molecular weight is 343 g/mol. The summed E-state index contributed by atoms with van der Waals surface area (Å²) in [6.45, 7) is 4.91. The van der Waals surface area contributed by atoms with Gasteiger partial charge in [0, 0.05) is 19.7 Å². The monoisotopic (exact) mass is 343 g/mol. The number of methoxy groups -OCH3 is 1. The van der Waals surface area contributed by atoms with Crippen molar-refractivity contribution in [3.8, 4) is 11.5 Å². The van der Waals surface area contributed by atoms with E-state index in [4.69, 9.17) is 9.47 Å². The zero-order chi connectivity index (χ0) is 18.1. The minimum absolute atomic E-state index is 0.0384. The lowest BCUT2D eigenvalue weighted by Gasteiger charge is -2.26. The summed E-state index contributed by atoms with van der Waals surface area (Å²) in [5.74, 6) is 2.00. The van der Waals surface area contributed by atoms with Crippen LogP contribution >= 0.6 is 0 Å². The topological polar surface area (TPSA) is 38.8 Å². The van der Waals surface area contributed by atoms with Crippen molar-refractivity contribution in [1.29, 1.82) is 0 Å². The summed E-state index contributed by atoms with van der Waals surface area (Å²) in [7, 11) is 3.49. The van der Waals surface area contributed by atoms with Gasteiger partial charge < -0.3 is 14.4 Å². The number of hydrogen-bond acceptors (Lipinski definition) is 3. The van der Waals surface area contributed by atoms with E-state index in [1.54, 1.807) is 19.3 Å². The van der Waals surface area contributed by atoms with Gasteiger partial charge in [0.25, 0.3) is 0 Å². The number of ether oxygens (including phenoxy) is 2. The molecule has 1 amide bonds. The predicted molar refractivity (Wildman–Crippen MR) is 102 cm³/mol. The summed E-state index contributed by atoms with van der Waals surface area (Å²) in [4.78, 5) is 14.1. The van der Waals surface area contributed by atoms with Crippen molar-refractivity contribution in [1.82, 2.24) is 4.90 Å². The molecule has 136 valence electrons. The van der Waals surface area contributed by atoms with Crippen molar-refractivity contribution in [2.75, 3.05) is 27.3 Å². The summed E-state index contributed by atoms with van der Waals surface area (Å²) in [6.07, 6.45) is 11.5. The molecule has 1 aromatic carbocycles. The Kier molecular flexibility index (Phi) is 7.58. The largest absolute Gasteiger partial charge is 0.493 e. The van der Waals surface area contributed by atoms with Crippen LogP contribution in [0.25, 0.3) is 6.08 Å². The standard InChI is InChI=1S/C21H29NO3/c1-4-14-25-19-12-10-17(15-20(19)24-3)11-13-21(23)22(2)16-18-8-6-5-7-9-18/h4,10-13,15,18H,1,5-9,14,16H2,2-3H3/b13-11+. The van der Waals surface area contributed by atoms with Crippen molar-refractivity contribution in [3.05, 3.63) is 42.5 Å². The third kappa shape index (κ3) is 5.96. The number of hydrogen-bond donors (Lipinski definition) is 0. The molecule has 0 aromatic heterocycles. The number of amides is 1. The Balaban J connectivity index is 1.94. The Hall–Kier alpha value is -2.23. The van der Waals surface area contributed by atoms with Gasteiger partial charge in [-0.1, -0.05) is 38.0 Å². The highest BCUT2D eigenvalue weighted by Gasteiger charge is 2.17. The summed E-state index contributed by atoms with van der Waals surface area (Å²) < 4.78 is 10.9. The van der Waals surface area contributed by atoms with Crippen LogP contribution in [0.2, 0.25) is 0 Å². The van der Waals surface area contributed by atoms with E-state index >= 15 is 0 Å². The van der Waals surface area contributed by atoms with Gasteiger partial charge in [0.15, 0.2) is 11.5 Å². The van der Waals surface area contributed by atoms with Crippen molar-refractivity contribution in [3.63, 3.8) is 0 Å². The van der Waals surface area contributed by atoms with E-state index in [1.165, 1.54) is 32.1 Å².